The molecule has 0 aromatic rings. The molecule has 4 nitrogen and oxygen atoms in total. The van der Waals surface area contributed by atoms with Crippen LogP contribution in [-0.4, -0.2) is 44.8 Å². The first-order valence-corrected chi connectivity index (χ1v) is 4.73. The number of carbonyl (C=O) groups is 1. The number of methoxy groups -OCH3 is 1. The van der Waals surface area contributed by atoms with E-state index in [-0.39, 0.29) is 6.03 Å². The van der Waals surface area contributed by atoms with E-state index in [4.69, 9.17) is 4.74 Å². The van der Waals surface area contributed by atoms with Gasteiger partial charge in [0.2, 0.25) is 0 Å². The maximum atomic E-state index is 11.2. The lowest BCUT2D eigenvalue weighted by molar-refractivity contribution is 0.161. The fourth-order valence-electron chi connectivity index (χ4n) is 2.41. The summed E-state index contributed by atoms with van der Waals surface area (Å²) in [6, 6.07) is 0.0587. The molecule has 1 saturated heterocycles. The van der Waals surface area contributed by atoms with Gasteiger partial charge in [0, 0.05) is 33.9 Å². The lowest BCUT2D eigenvalue weighted by atomic mass is 10.3. The van der Waals surface area contributed by atoms with Crippen LogP contribution in [0.1, 0.15) is 0 Å². The van der Waals surface area contributed by atoms with Crippen LogP contribution >= 0.6 is 0 Å². The predicted molar refractivity (Wildman–Crippen MR) is 48.4 cm³/mol. The standard InChI is InChI=1S/C9H16N2O2/c1-10-9(12)11-3-6-7(4-11)8(6)5-13-2/h6-8H,3-5H2,1-2H3,(H,10,12)/t6-,7+,8?. The number of piperidine rings is 1. The number of hydrogen-bond acceptors (Lipinski definition) is 2. The maximum Gasteiger partial charge on any atom is 0.317 e. The fourth-order valence-corrected chi connectivity index (χ4v) is 2.41. The van der Waals surface area contributed by atoms with Crippen molar-refractivity contribution in [3.8, 4) is 0 Å². The molecule has 1 aliphatic heterocycles. The summed E-state index contributed by atoms with van der Waals surface area (Å²) >= 11 is 0. The fraction of sp³-hybridized carbons (Fsp3) is 0.889. The quantitative estimate of drug-likeness (QED) is 0.663. The van der Waals surface area contributed by atoms with Gasteiger partial charge in [-0.3, -0.25) is 0 Å². The van der Waals surface area contributed by atoms with Crippen LogP contribution < -0.4 is 5.32 Å². The van der Waals surface area contributed by atoms with Crippen molar-refractivity contribution < 1.29 is 9.53 Å². The summed E-state index contributed by atoms with van der Waals surface area (Å²) in [5.74, 6) is 2.13. The van der Waals surface area contributed by atoms with Crippen molar-refractivity contribution in [2.75, 3.05) is 33.9 Å². The molecule has 1 heterocycles. The Bertz CT molecular complexity index is 208. The number of nitrogens with one attached hydrogen (secondary N) is 1. The van der Waals surface area contributed by atoms with Crippen molar-refractivity contribution in [3.05, 3.63) is 0 Å². The van der Waals surface area contributed by atoms with Crippen molar-refractivity contribution in [1.29, 1.82) is 0 Å². The molecule has 0 aromatic carbocycles. The molecule has 1 aliphatic carbocycles. The Morgan fingerprint density at radius 1 is 1.54 bits per heavy atom. The first-order valence-electron chi connectivity index (χ1n) is 4.73. The molecule has 1 unspecified atom stereocenters. The van der Waals surface area contributed by atoms with Gasteiger partial charge < -0.3 is 15.0 Å². The highest BCUT2D eigenvalue weighted by atomic mass is 16.5. The second-order valence-electron chi connectivity index (χ2n) is 3.91. The van der Waals surface area contributed by atoms with E-state index in [9.17, 15) is 4.79 Å². The van der Waals surface area contributed by atoms with Gasteiger partial charge in [-0.15, -0.1) is 0 Å². The van der Waals surface area contributed by atoms with E-state index < -0.39 is 0 Å². The van der Waals surface area contributed by atoms with Crippen LogP contribution in [0.5, 0.6) is 0 Å². The van der Waals surface area contributed by atoms with Gasteiger partial charge in [-0.05, 0) is 17.8 Å². The molecule has 2 fully saturated rings. The molecule has 4 heteroatoms. The Balaban J connectivity index is 1.80. The van der Waals surface area contributed by atoms with Crippen LogP contribution in [0.25, 0.3) is 0 Å². The molecular weight excluding hydrogens is 168 g/mol. The number of likely N-dealkylation sites (tertiary alicyclic amines) is 1. The number of hydrogen-bond donors (Lipinski definition) is 1. The molecule has 0 spiro atoms. The number of nitrogens with zero attached hydrogens (tertiary/aromatic N) is 1. The van der Waals surface area contributed by atoms with E-state index in [1.807, 2.05) is 4.90 Å². The monoisotopic (exact) mass is 184 g/mol. The van der Waals surface area contributed by atoms with Crippen molar-refractivity contribution >= 4 is 6.03 Å². The van der Waals surface area contributed by atoms with Crippen LogP contribution in [0.15, 0.2) is 0 Å². The third-order valence-corrected chi connectivity index (χ3v) is 3.23. The molecular formula is C9H16N2O2. The van der Waals surface area contributed by atoms with Crippen LogP contribution in [0.4, 0.5) is 4.79 Å². The molecule has 74 valence electrons. The van der Waals surface area contributed by atoms with Crippen molar-refractivity contribution in [2.45, 2.75) is 0 Å². The Labute approximate surface area is 78.2 Å². The lowest BCUT2D eigenvalue weighted by Crippen LogP contribution is -2.38. The third-order valence-electron chi connectivity index (χ3n) is 3.23. The maximum absolute atomic E-state index is 11.2. The zero-order chi connectivity index (χ0) is 9.42. The Kier molecular flexibility index (Phi) is 2.15. The van der Waals surface area contributed by atoms with Gasteiger partial charge in [0.05, 0.1) is 0 Å². The molecule has 2 amide bonds. The summed E-state index contributed by atoms with van der Waals surface area (Å²) in [6.07, 6.45) is 0. The molecule has 0 aromatic heterocycles. The van der Waals surface area contributed by atoms with Gasteiger partial charge in [-0.25, -0.2) is 4.79 Å². The van der Waals surface area contributed by atoms with E-state index in [1.54, 1.807) is 14.2 Å². The molecule has 2 aliphatic rings. The minimum Gasteiger partial charge on any atom is -0.384 e. The number of carbonyl (C=O) groups excluding carboxylic acids is 1. The number of fused-ring (bicyclic) bond motifs is 1. The molecule has 1 N–H and O–H groups in total. The lowest BCUT2D eigenvalue weighted by Gasteiger charge is -2.18. The van der Waals surface area contributed by atoms with Gasteiger partial charge >= 0.3 is 6.03 Å². The minimum absolute atomic E-state index is 0.0587. The highest BCUT2D eigenvalue weighted by Crippen LogP contribution is 2.51. The van der Waals surface area contributed by atoms with E-state index in [2.05, 4.69) is 5.32 Å². The molecule has 0 bridgehead atoms. The highest BCUT2D eigenvalue weighted by molar-refractivity contribution is 5.74. The van der Waals surface area contributed by atoms with Crippen molar-refractivity contribution in [1.82, 2.24) is 10.2 Å². The Morgan fingerprint density at radius 2 is 2.15 bits per heavy atom. The second kappa shape index (κ2) is 3.18. The number of urea groups is 1. The minimum atomic E-state index is 0.0587. The summed E-state index contributed by atoms with van der Waals surface area (Å²) < 4.78 is 5.11. The van der Waals surface area contributed by atoms with Gasteiger partial charge in [-0.1, -0.05) is 0 Å². The molecule has 2 rings (SSSR count). The van der Waals surface area contributed by atoms with E-state index in [0.717, 1.165) is 19.7 Å². The zero-order valence-electron chi connectivity index (χ0n) is 8.12. The summed E-state index contributed by atoms with van der Waals surface area (Å²) in [5.41, 5.74) is 0. The largest absolute Gasteiger partial charge is 0.384 e. The SMILES string of the molecule is CNC(=O)N1C[C@@H]2C(COC)[C@@H]2C1. The van der Waals surface area contributed by atoms with Gasteiger partial charge in [-0.2, -0.15) is 0 Å². The van der Waals surface area contributed by atoms with E-state index in [1.165, 1.54) is 0 Å². The summed E-state index contributed by atoms with van der Waals surface area (Å²) in [6.45, 7) is 2.69. The van der Waals surface area contributed by atoms with Crippen molar-refractivity contribution in [2.24, 2.45) is 17.8 Å². The highest BCUT2D eigenvalue weighted by Gasteiger charge is 2.56. The number of amides is 2. The third kappa shape index (κ3) is 1.39. The smallest absolute Gasteiger partial charge is 0.317 e. The zero-order valence-corrected chi connectivity index (χ0v) is 8.12. The topological polar surface area (TPSA) is 41.6 Å². The van der Waals surface area contributed by atoms with E-state index >= 15 is 0 Å². The van der Waals surface area contributed by atoms with E-state index in [0.29, 0.717) is 17.8 Å². The number of rotatable bonds is 2. The van der Waals surface area contributed by atoms with Crippen LogP contribution in [0.3, 0.4) is 0 Å². The van der Waals surface area contributed by atoms with Crippen LogP contribution in [0, 0.1) is 17.8 Å². The van der Waals surface area contributed by atoms with Gasteiger partial charge in [0.25, 0.3) is 0 Å². The van der Waals surface area contributed by atoms with Crippen LogP contribution in [-0.2, 0) is 4.74 Å². The summed E-state index contributed by atoms with van der Waals surface area (Å²) in [4.78, 5) is 13.1. The Morgan fingerprint density at radius 3 is 2.62 bits per heavy atom. The number of ether oxygens (including phenoxy) is 1. The molecule has 1 saturated carbocycles. The first-order chi connectivity index (χ1) is 6.27. The average molecular weight is 184 g/mol. The Hall–Kier alpha value is -0.770. The predicted octanol–water partition coefficient (Wildman–Crippen LogP) is 0.150. The van der Waals surface area contributed by atoms with Crippen LogP contribution in [0.2, 0.25) is 0 Å². The first kappa shape index (κ1) is 8.81. The average Bonchev–Trinajstić information content (AvgIpc) is 2.64. The molecule has 0 radical (unpaired) electrons. The molecule has 13 heavy (non-hydrogen) atoms. The molecule has 3 atom stereocenters. The van der Waals surface area contributed by atoms with Crippen molar-refractivity contribution in [3.63, 3.8) is 0 Å². The summed E-state index contributed by atoms with van der Waals surface area (Å²) in [5, 5.41) is 2.65. The van der Waals surface area contributed by atoms with Gasteiger partial charge in [0.1, 0.15) is 0 Å². The van der Waals surface area contributed by atoms with Gasteiger partial charge in [0.15, 0.2) is 0 Å². The second-order valence-corrected chi connectivity index (χ2v) is 3.91. The normalized spacial score (nSPS) is 35.8. The summed E-state index contributed by atoms with van der Waals surface area (Å²) in [7, 11) is 3.42.